The van der Waals surface area contributed by atoms with Crippen LogP contribution >= 0.6 is 0 Å². The summed E-state index contributed by atoms with van der Waals surface area (Å²) in [7, 11) is -3.90. The molecule has 1 fully saturated rings. The lowest BCUT2D eigenvalue weighted by atomic mass is 9.87. The normalized spacial score (nSPS) is 14.3. The molecule has 1 aliphatic carbocycles. The average Bonchev–Trinajstić information content (AvgIpc) is 3.55. The Kier molecular flexibility index (Phi) is 7.33. The number of aryl methyl sites for hydroxylation is 1. The Labute approximate surface area is 193 Å². The van der Waals surface area contributed by atoms with Crippen LogP contribution in [0, 0.1) is 12.8 Å². The highest BCUT2D eigenvalue weighted by molar-refractivity contribution is 7.92. The molecule has 1 aliphatic rings. The van der Waals surface area contributed by atoms with Crippen molar-refractivity contribution in [2.24, 2.45) is 5.92 Å². The van der Waals surface area contributed by atoms with Gasteiger partial charge in [0.1, 0.15) is 6.54 Å². The maximum absolute atomic E-state index is 13.7. The minimum absolute atomic E-state index is 0.0715. The summed E-state index contributed by atoms with van der Waals surface area (Å²) >= 11 is 0. The fraction of sp³-hybridized carbons (Fsp3) is 0.500. The summed E-state index contributed by atoms with van der Waals surface area (Å²) in [5.74, 6) is 0.412. The van der Waals surface area contributed by atoms with Crippen LogP contribution in [-0.4, -0.2) is 38.9 Å². The molecule has 0 saturated heterocycles. The third kappa shape index (κ3) is 5.91. The lowest BCUT2D eigenvalue weighted by molar-refractivity contribution is -0.129. The lowest BCUT2D eigenvalue weighted by Gasteiger charge is -2.29. The number of hydrogen-bond acceptors (Lipinski definition) is 3. The van der Waals surface area contributed by atoms with Crippen LogP contribution in [0.2, 0.25) is 0 Å². The number of amides is 1. The van der Waals surface area contributed by atoms with Crippen molar-refractivity contribution in [1.29, 1.82) is 0 Å². The second kappa shape index (κ2) is 9.65. The number of carbonyl (C=O) groups is 1. The summed E-state index contributed by atoms with van der Waals surface area (Å²) in [5, 5.41) is 0. The van der Waals surface area contributed by atoms with Crippen molar-refractivity contribution in [3.63, 3.8) is 0 Å². The first kappa shape index (κ1) is 24.3. The predicted molar refractivity (Wildman–Crippen MR) is 130 cm³/mol. The minimum Gasteiger partial charge on any atom is -0.341 e. The van der Waals surface area contributed by atoms with E-state index in [0.29, 0.717) is 24.7 Å². The Morgan fingerprint density at radius 1 is 1.06 bits per heavy atom. The second-order valence-corrected chi connectivity index (χ2v) is 11.8. The molecule has 0 unspecified atom stereocenters. The number of benzene rings is 2. The monoisotopic (exact) mass is 456 g/mol. The van der Waals surface area contributed by atoms with Crippen LogP contribution < -0.4 is 4.31 Å². The van der Waals surface area contributed by atoms with E-state index in [4.69, 9.17) is 0 Å². The Hall–Kier alpha value is -2.34. The molecule has 6 heteroatoms. The van der Waals surface area contributed by atoms with Crippen molar-refractivity contribution in [2.75, 3.05) is 23.9 Å². The maximum atomic E-state index is 13.7. The Balaban J connectivity index is 1.95. The number of anilines is 1. The van der Waals surface area contributed by atoms with Crippen molar-refractivity contribution in [3.8, 4) is 0 Å². The fourth-order valence-corrected chi connectivity index (χ4v) is 5.18. The molecule has 1 saturated carbocycles. The molecule has 2 aromatic carbocycles. The SMILES string of the molecule is CCCN(CC1CC1)C(=O)CN(c1cccc(C)c1)S(=O)(=O)c1ccc(C(C)(C)C)cc1. The predicted octanol–water partition coefficient (Wildman–Crippen LogP) is 5.14. The van der Waals surface area contributed by atoms with Gasteiger partial charge in [-0.2, -0.15) is 0 Å². The van der Waals surface area contributed by atoms with Crippen LogP contribution in [0.3, 0.4) is 0 Å². The zero-order chi connectivity index (χ0) is 23.5. The summed E-state index contributed by atoms with van der Waals surface area (Å²) in [5.41, 5.74) is 2.45. The molecule has 0 N–H and O–H groups in total. The van der Waals surface area contributed by atoms with E-state index in [-0.39, 0.29) is 22.8 Å². The number of hydrogen-bond donors (Lipinski definition) is 0. The van der Waals surface area contributed by atoms with E-state index >= 15 is 0 Å². The summed E-state index contributed by atoms with van der Waals surface area (Å²) < 4.78 is 28.7. The van der Waals surface area contributed by atoms with Gasteiger partial charge >= 0.3 is 0 Å². The molecular formula is C26H36N2O3S. The second-order valence-electron chi connectivity index (χ2n) is 9.91. The highest BCUT2D eigenvalue weighted by atomic mass is 32.2. The van der Waals surface area contributed by atoms with Crippen molar-refractivity contribution < 1.29 is 13.2 Å². The zero-order valence-corrected chi connectivity index (χ0v) is 20.8. The standard InChI is InChI=1S/C26H36N2O3S/c1-6-16-27(18-21-10-11-21)25(29)19-28(23-9-7-8-20(2)17-23)32(30,31)24-14-12-22(13-15-24)26(3,4)5/h7-9,12-15,17,21H,6,10-11,16,18-19H2,1-5H3. The average molecular weight is 457 g/mol. The van der Waals surface area contributed by atoms with Gasteiger partial charge in [0.25, 0.3) is 10.0 Å². The molecule has 0 bridgehead atoms. The molecule has 32 heavy (non-hydrogen) atoms. The molecule has 1 amide bonds. The summed E-state index contributed by atoms with van der Waals surface area (Å²) in [4.78, 5) is 15.3. The third-order valence-electron chi connectivity index (χ3n) is 5.90. The van der Waals surface area contributed by atoms with E-state index < -0.39 is 10.0 Å². The molecule has 3 rings (SSSR count). The molecule has 0 heterocycles. The molecular weight excluding hydrogens is 420 g/mol. The van der Waals surface area contributed by atoms with Crippen LogP contribution in [0.25, 0.3) is 0 Å². The van der Waals surface area contributed by atoms with Crippen molar-refractivity contribution >= 4 is 21.6 Å². The molecule has 0 aromatic heterocycles. The van der Waals surface area contributed by atoms with Gasteiger partial charge in [0, 0.05) is 13.1 Å². The van der Waals surface area contributed by atoms with Gasteiger partial charge in [0.05, 0.1) is 10.6 Å². The van der Waals surface area contributed by atoms with E-state index in [9.17, 15) is 13.2 Å². The van der Waals surface area contributed by atoms with Gasteiger partial charge in [-0.05, 0) is 72.9 Å². The van der Waals surface area contributed by atoms with Crippen LogP contribution in [-0.2, 0) is 20.2 Å². The van der Waals surface area contributed by atoms with E-state index in [1.165, 1.54) is 4.31 Å². The summed E-state index contributed by atoms with van der Waals surface area (Å²) in [6.45, 7) is 11.4. The first-order valence-corrected chi connectivity index (χ1v) is 12.9. The molecule has 0 atom stereocenters. The first-order chi connectivity index (χ1) is 15.0. The van der Waals surface area contributed by atoms with Gasteiger partial charge in [0.2, 0.25) is 5.91 Å². The summed E-state index contributed by atoms with van der Waals surface area (Å²) in [6, 6.07) is 14.3. The summed E-state index contributed by atoms with van der Waals surface area (Å²) in [6.07, 6.45) is 3.14. The molecule has 174 valence electrons. The largest absolute Gasteiger partial charge is 0.341 e. The highest BCUT2D eigenvalue weighted by Crippen LogP contribution is 2.31. The van der Waals surface area contributed by atoms with Crippen LogP contribution in [0.1, 0.15) is 58.1 Å². The molecule has 5 nitrogen and oxygen atoms in total. The van der Waals surface area contributed by atoms with Gasteiger partial charge in [0.15, 0.2) is 0 Å². The van der Waals surface area contributed by atoms with Crippen LogP contribution in [0.4, 0.5) is 5.69 Å². The van der Waals surface area contributed by atoms with Gasteiger partial charge in [-0.3, -0.25) is 9.10 Å². The van der Waals surface area contributed by atoms with E-state index in [1.54, 1.807) is 18.2 Å². The van der Waals surface area contributed by atoms with Crippen LogP contribution in [0.15, 0.2) is 53.4 Å². The topological polar surface area (TPSA) is 57.7 Å². The van der Waals surface area contributed by atoms with Gasteiger partial charge in [-0.1, -0.05) is 52.0 Å². The number of rotatable bonds is 9. The number of carbonyl (C=O) groups excluding carboxylic acids is 1. The minimum atomic E-state index is -3.90. The van der Waals surface area contributed by atoms with Crippen molar-refractivity contribution in [3.05, 3.63) is 59.7 Å². The molecule has 0 aliphatic heterocycles. The maximum Gasteiger partial charge on any atom is 0.264 e. The Morgan fingerprint density at radius 2 is 1.72 bits per heavy atom. The fourth-order valence-electron chi connectivity index (χ4n) is 3.77. The lowest BCUT2D eigenvalue weighted by Crippen LogP contribution is -2.44. The Bertz CT molecular complexity index is 1040. The zero-order valence-electron chi connectivity index (χ0n) is 20.0. The van der Waals surface area contributed by atoms with Gasteiger partial charge < -0.3 is 4.90 Å². The van der Waals surface area contributed by atoms with Crippen molar-refractivity contribution in [2.45, 2.75) is 64.2 Å². The molecule has 0 radical (unpaired) electrons. The number of sulfonamides is 1. The smallest absolute Gasteiger partial charge is 0.264 e. The van der Waals surface area contributed by atoms with E-state index in [2.05, 4.69) is 20.8 Å². The van der Waals surface area contributed by atoms with Gasteiger partial charge in [-0.15, -0.1) is 0 Å². The van der Waals surface area contributed by atoms with Gasteiger partial charge in [-0.25, -0.2) is 8.42 Å². The Morgan fingerprint density at radius 3 is 2.25 bits per heavy atom. The van der Waals surface area contributed by atoms with E-state index in [0.717, 1.165) is 30.4 Å². The third-order valence-corrected chi connectivity index (χ3v) is 7.69. The van der Waals surface area contributed by atoms with E-state index in [1.807, 2.05) is 49.1 Å². The first-order valence-electron chi connectivity index (χ1n) is 11.5. The van der Waals surface area contributed by atoms with Crippen molar-refractivity contribution in [1.82, 2.24) is 4.90 Å². The molecule has 0 spiro atoms. The quantitative estimate of drug-likeness (QED) is 0.525. The highest BCUT2D eigenvalue weighted by Gasteiger charge is 2.31. The number of nitrogens with zero attached hydrogens (tertiary/aromatic N) is 2. The molecule has 2 aromatic rings. The van der Waals surface area contributed by atoms with Crippen LogP contribution in [0.5, 0.6) is 0 Å².